The molecule has 1 aromatic carbocycles. The summed E-state index contributed by atoms with van der Waals surface area (Å²) in [4.78, 5) is 4.08. The summed E-state index contributed by atoms with van der Waals surface area (Å²) < 4.78 is 5.18. The summed E-state index contributed by atoms with van der Waals surface area (Å²) >= 11 is 23.8. The molecule has 0 fully saturated rings. The molecule has 0 unspecified atom stereocenters. The van der Waals surface area contributed by atoms with Gasteiger partial charge in [-0.25, -0.2) is 4.98 Å². The van der Waals surface area contributed by atoms with Crippen molar-refractivity contribution >= 4 is 46.4 Å². The van der Waals surface area contributed by atoms with Gasteiger partial charge in [-0.2, -0.15) is 0 Å². The van der Waals surface area contributed by atoms with Gasteiger partial charge in [0.15, 0.2) is 0 Å². The van der Waals surface area contributed by atoms with Gasteiger partial charge >= 0.3 is 0 Å². The Kier molecular flexibility index (Phi) is 4.23. The van der Waals surface area contributed by atoms with Gasteiger partial charge in [0.05, 0.1) is 27.2 Å². The lowest BCUT2D eigenvalue weighted by Gasteiger charge is -2.09. The molecule has 0 saturated heterocycles. The fraction of sp³-hybridized carbons (Fsp3) is 0.0833. The molecule has 0 aliphatic heterocycles. The van der Waals surface area contributed by atoms with Crippen molar-refractivity contribution in [2.45, 2.75) is 0 Å². The molecular weight excluding hydrogens is 316 g/mol. The quantitative estimate of drug-likeness (QED) is 0.693. The van der Waals surface area contributed by atoms with E-state index in [0.29, 0.717) is 31.5 Å². The van der Waals surface area contributed by atoms with Gasteiger partial charge in [-0.1, -0.05) is 46.4 Å². The molecule has 0 aliphatic carbocycles. The van der Waals surface area contributed by atoms with E-state index < -0.39 is 0 Å². The van der Waals surface area contributed by atoms with Crippen molar-refractivity contribution in [2.75, 3.05) is 7.11 Å². The van der Waals surface area contributed by atoms with Crippen LogP contribution in [0.5, 0.6) is 5.88 Å². The van der Waals surface area contributed by atoms with Gasteiger partial charge in [-0.15, -0.1) is 0 Å². The maximum Gasteiger partial charge on any atom is 0.221 e. The lowest BCUT2D eigenvalue weighted by molar-refractivity contribution is 0.399. The summed E-state index contributed by atoms with van der Waals surface area (Å²) in [6.45, 7) is 0. The van der Waals surface area contributed by atoms with Gasteiger partial charge in [0.2, 0.25) is 5.88 Å². The second-order valence-electron chi connectivity index (χ2n) is 3.46. The molecule has 0 N–H and O–H groups in total. The van der Waals surface area contributed by atoms with Crippen molar-refractivity contribution in [2.24, 2.45) is 0 Å². The first-order valence-corrected chi connectivity index (χ1v) is 6.38. The number of hydrogen-bond acceptors (Lipinski definition) is 2. The fourth-order valence-electron chi connectivity index (χ4n) is 1.51. The Labute approximate surface area is 124 Å². The highest BCUT2D eigenvalue weighted by Crippen LogP contribution is 2.38. The standard InChI is InChI=1S/C12H7Cl4NO/c1-18-12-8(4-7(13)5-17-12)6-2-9(14)11(16)10(15)3-6/h2-5H,1H3. The highest BCUT2D eigenvalue weighted by molar-refractivity contribution is 6.48. The molecule has 2 rings (SSSR count). The summed E-state index contributed by atoms with van der Waals surface area (Å²) in [5.74, 6) is 0.439. The number of nitrogens with zero attached hydrogens (tertiary/aromatic N) is 1. The molecule has 0 spiro atoms. The van der Waals surface area contributed by atoms with Crippen molar-refractivity contribution in [3.63, 3.8) is 0 Å². The van der Waals surface area contributed by atoms with Crippen molar-refractivity contribution < 1.29 is 4.74 Å². The van der Waals surface area contributed by atoms with Gasteiger partial charge < -0.3 is 4.74 Å². The summed E-state index contributed by atoms with van der Waals surface area (Å²) in [5.41, 5.74) is 1.44. The van der Waals surface area contributed by atoms with Crippen LogP contribution in [0.3, 0.4) is 0 Å². The van der Waals surface area contributed by atoms with E-state index in [4.69, 9.17) is 51.1 Å². The predicted molar refractivity (Wildman–Crippen MR) is 76.3 cm³/mol. The van der Waals surface area contributed by atoms with Crippen molar-refractivity contribution in [1.29, 1.82) is 0 Å². The molecule has 0 aliphatic rings. The maximum absolute atomic E-state index is 5.99. The predicted octanol–water partition coefficient (Wildman–Crippen LogP) is 5.37. The minimum Gasteiger partial charge on any atom is -0.481 e. The van der Waals surface area contributed by atoms with Crippen LogP contribution in [0.2, 0.25) is 20.1 Å². The van der Waals surface area contributed by atoms with E-state index in [9.17, 15) is 0 Å². The molecular formula is C12H7Cl4NO. The Balaban J connectivity index is 2.65. The van der Waals surface area contributed by atoms with E-state index in [1.165, 1.54) is 13.3 Å². The number of methoxy groups -OCH3 is 1. The molecule has 1 aromatic heterocycles. The lowest BCUT2D eigenvalue weighted by Crippen LogP contribution is -1.91. The second kappa shape index (κ2) is 5.54. The smallest absolute Gasteiger partial charge is 0.221 e. The zero-order valence-electron chi connectivity index (χ0n) is 9.18. The molecule has 0 radical (unpaired) electrons. The minimum atomic E-state index is 0.316. The van der Waals surface area contributed by atoms with E-state index in [1.54, 1.807) is 18.2 Å². The van der Waals surface area contributed by atoms with E-state index in [0.717, 1.165) is 5.56 Å². The van der Waals surface area contributed by atoms with E-state index in [2.05, 4.69) is 4.98 Å². The van der Waals surface area contributed by atoms with Crippen LogP contribution in [0.1, 0.15) is 0 Å². The Morgan fingerprint density at radius 1 is 1.00 bits per heavy atom. The first-order chi connectivity index (χ1) is 8.52. The zero-order chi connectivity index (χ0) is 13.3. The minimum absolute atomic E-state index is 0.316. The molecule has 1 heterocycles. The van der Waals surface area contributed by atoms with Crippen LogP contribution in [0.15, 0.2) is 24.4 Å². The average Bonchev–Trinajstić information content (AvgIpc) is 2.35. The normalized spacial score (nSPS) is 10.5. The van der Waals surface area contributed by atoms with Crippen molar-refractivity contribution in [1.82, 2.24) is 4.98 Å². The Hall–Kier alpha value is -0.670. The number of pyridine rings is 1. The average molecular weight is 323 g/mol. The maximum atomic E-state index is 5.99. The van der Waals surface area contributed by atoms with Crippen LogP contribution < -0.4 is 4.74 Å². The Morgan fingerprint density at radius 3 is 2.17 bits per heavy atom. The molecule has 6 heteroatoms. The van der Waals surface area contributed by atoms with Crippen LogP contribution in [0, 0.1) is 0 Å². The second-order valence-corrected chi connectivity index (χ2v) is 5.09. The largest absolute Gasteiger partial charge is 0.481 e. The van der Waals surface area contributed by atoms with Gasteiger partial charge in [-0.05, 0) is 23.8 Å². The zero-order valence-corrected chi connectivity index (χ0v) is 12.2. The fourth-order valence-corrected chi connectivity index (χ4v) is 2.26. The van der Waals surface area contributed by atoms with Crippen molar-refractivity contribution in [3.8, 4) is 17.0 Å². The Bertz CT molecular complexity index is 578. The van der Waals surface area contributed by atoms with Crippen molar-refractivity contribution in [3.05, 3.63) is 44.5 Å². The number of ether oxygens (including phenoxy) is 1. The molecule has 0 bridgehead atoms. The number of halogens is 4. The van der Waals surface area contributed by atoms with Crippen LogP contribution in [-0.2, 0) is 0 Å². The van der Waals surface area contributed by atoms with Gasteiger partial charge in [0.25, 0.3) is 0 Å². The molecule has 18 heavy (non-hydrogen) atoms. The third-order valence-electron chi connectivity index (χ3n) is 2.31. The highest BCUT2D eigenvalue weighted by atomic mass is 35.5. The van der Waals surface area contributed by atoms with Crippen LogP contribution in [0.25, 0.3) is 11.1 Å². The SMILES string of the molecule is COc1ncc(Cl)cc1-c1cc(Cl)c(Cl)c(Cl)c1. The lowest BCUT2D eigenvalue weighted by atomic mass is 10.1. The number of aromatic nitrogens is 1. The molecule has 0 atom stereocenters. The topological polar surface area (TPSA) is 22.1 Å². The van der Waals surface area contributed by atoms with E-state index in [1.807, 2.05) is 0 Å². The van der Waals surface area contributed by atoms with E-state index in [-0.39, 0.29) is 0 Å². The summed E-state index contributed by atoms with van der Waals surface area (Å²) in [6.07, 6.45) is 1.50. The molecule has 0 amide bonds. The number of hydrogen-bond donors (Lipinski definition) is 0. The van der Waals surface area contributed by atoms with Crippen LogP contribution >= 0.6 is 46.4 Å². The monoisotopic (exact) mass is 321 g/mol. The van der Waals surface area contributed by atoms with Gasteiger partial charge in [0.1, 0.15) is 0 Å². The summed E-state index contributed by atoms with van der Waals surface area (Å²) in [7, 11) is 1.53. The molecule has 2 aromatic rings. The Morgan fingerprint density at radius 2 is 1.61 bits per heavy atom. The van der Waals surface area contributed by atoms with Gasteiger partial charge in [-0.3, -0.25) is 0 Å². The number of benzene rings is 1. The molecule has 2 nitrogen and oxygen atoms in total. The first kappa shape index (κ1) is 13.8. The first-order valence-electron chi connectivity index (χ1n) is 4.87. The third-order valence-corrected chi connectivity index (χ3v) is 3.71. The third kappa shape index (κ3) is 2.67. The number of rotatable bonds is 2. The summed E-state index contributed by atoms with van der Waals surface area (Å²) in [5, 5.41) is 1.53. The van der Waals surface area contributed by atoms with Gasteiger partial charge in [0, 0.05) is 11.8 Å². The van der Waals surface area contributed by atoms with Crippen LogP contribution in [0.4, 0.5) is 0 Å². The summed E-state index contributed by atoms with van der Waals surface area (Å²) in [6, 6.07) is 5.10. The molecule has 94 valence electrons. The molecule has 0 saturated carbocycles. The highest BCUT2D eigenvalue weighted by Gasteiger charge is 2.12. The van der Waals surface area contributed by atoms with E-state index >= 15 is 0 Å². The van der Waals surface area contributed by atoms with Crippen LogP contribution in [-0.4, -0.2) is 12.1 Å².